The van der Waals surface area contributed by atoms with E-state index < -0.39 is 6.04 Å². The minimum absolute atomic E-state index is 0.307. The number of carbonyl (C=O) groups is 1. The molecule has 4 rings (SSSR count). The van der Waals surface area contributed by atoms with E-state index in [1.165, 1.54) is 12.1 Å². The highest BCUT2D eigenvalue weighted by atomic mass is 19.1. The maximum Gasteiger partial charge on any atom is 0.273 e. The number of nitrogens with zero attached hydrogens (tertiary/aromatic N) is 3. The van der Waals surface area contributed by atoms with Crippen LogP contribution in [0.3, 0.4) is 0 Å². The van der Waals surface area contributed by atoms with Gasteiger partial charge in [-0.3, -0.25) is 9.89 Å². The summed E-state index contributed by atoms with van der Waals surface area (Å²) >= 11 is 0. The van der Waals surface area contributed by atoms with E-state index in [1.807, 2.05) is 35.9 Å². The molecule has 26 heavy (non-hydrogen) atoms. The number of aryl methyl sites for hydroxylation is 1. The van der Waals surface area contributed by atoms with E-state index >= 15 is 0 Å². The molecule has 2 aromatic carbocycles. The second kappa shape index (κ2) is 6.44. The van der Waals surface area contributed by atoms with Crippen LogP contribution in [-0.2, 0) is 7.05 Å². The van der Waals surface area contributed by atoms with Crippen LogP contribution in [0.1, 0.15) is 27.9 Å². The van der Waals surface area contributed by atoms with E-state index in [0.29, 0.717) is 11.5 Å². The fourth-order valence-corrected chi connectivity index (χ4v) is 2.94. The molecule has 0 aliphatic rings. The zero-order chi connectivity index (χ0) is 18.1. The molecule has 0 aliphatic carbocycles. The summed E-state index contributed by atoms with van der Waals surface area (Å²) in [5.41, 5.74) is 1.82. The first-order valence-electron chi connectivity index (χ1n) is 8.10. The summed E-state index contributed by atoms with van der Waals surface area (Å²) in [6.07, 6.45) is 3.45. The molecule has 7 heteroatoms. The number of hydrogen-bond acceptors (Lipinski definition) is 3. The van der Waals surface area contributed by atoms with Gasteiger partial charge in [-0.1, -0.05) is 30.3 Å². The number of H-pyrrole nitrogens is 1. The summed E-state index contributed by atoms with van der Waals surface area (Å²) in [6.45, 7) is 0. The van der Waals surface area contributed by atoms with Crippen molar-refractivity contribution >= 4 is 16.8 Å². The van der Waals surface area contributed by atoms with Gasteiger partial charge in [0.05, 0.1) is 5.52 Å². The molecule has 1 unspecified atom stereocenters. The van der Waals surface area contributed by atoms with Crippen molar-refractivity contribution < 1.29 is 9.18 Å². The SMILES string of the molecule is Cn1ccnc1C(NC(=O)c1n[nH]c2ccccc12)c1ccc(F)cc1. The molecule has 0 saturated carbocycles. The quantitative estimate of drug-likeness (QED) is 0.595. The monoisotopic (exact) mass is 349 g/mol. The Morgan fingerprint density at radius 1 is 1.19 bits per heavy atom. The number of halogens is 1. The Kier molecular flexibility index (Phi) is 3.96. The van der Waals surface area contributed by atoms with Crippen molar-refractivity contribution in [3.8, 4) is 0 Å². The number of benzene rings is 2. The van der Waals surface area contributed by atoms with Gasteiger partial charge in [-0.25, -0.2) is 9.37 Å². The molecule has 1 amide bonds. The topological polar surface area (TPSA) is 75.6 Å². The number of imidazole rings is 1. The van der Waals surface area contributed by atoms with Crippen LogP contribution in [0, 0.1) is 5.82 Å². The van der Waals surface area contributed by atoms with Crippen LogP contribution in [0.4, 0.5) is 4.39 Å². The molecule has 1 atom stereocenters. The predicted molar refractivity (Wildman–Crippen MR) is 95.0 cm³/mol. The molecule has 0 bridgehead atoms. The molecule has 0 aliphatic heterocycles. The molecule has 0 spiro atoms. The fraction of sp³-hybridized carbons (Fsp3) is 0.105. The van der Waals surface area contributed by atoms with Crippen molar-refractivity contribution in [2.45, 2.75) is 6.04 Å². The summed E-state index contributed by atoms with van der Waals surface area (Å²) in [6, 6.07) is 12.9. The minimum Gasteiger partial charge on any atom is -0.337 e. The van der Waals surface area contributed by atoms with Crippen LogP contribution in [0.25, 0.3) is 10.9 Å². The van der Waals surface area contributed by atoms with E-state index in [0.717, 1.165) is 16.5 Å². The highest BCUT2D eigenvalue weighted by Crippen LogP contribution is 2.22. The van der Waals surface area contributed by atoms with Gasteiger partial charge in [-0.2, -0.15) is 5.10 Å². The first-order valence-corrected chi connectivity index (χ1v) is 8.10. The van der Waals surface area contributed by atoms with Gasteiger partial charge >= 0.3 is 0 Å². The second-order valence-corrected chi connectivity index (χ2v) is 5.97. The van der Waals surface area contributed by atoms with Gasteiger partial charge < -0.3 is 9.88 Å². The Balaban J connectivity index is 1.72. The van der Waals surface area contributed by atoms with Crippen molar-refractivity contribution in [2.24, 2.45) is 7.05 Å². The molecular formula is C19H16FN5O. The minimum atomic E-state index is -0.529. The van der Waals surface area contributed by atoms with Crippen molar-refractivity contribution in [1.29, 1.82) is 0 Å². The first kappa shape index (κ1) is 16.0. The number of rotatable bonds is 4. The lowest BCUT2D eigenvalue weighted by molar-refractivity contribution is 0.0937. The first-order chi connectivity index (χ1) is 12.6. The van der Waals surface area contributed by atoms with Crippen LogP contribution in [0.15, 0.2) is 60.9 Å². The Hall–Kier alpha value is -3.48. The van der Waals surface area contributed by atoms with Gasteiger partial charge in [0.15, 0.2) is 5.69 Å². The number of nitrogens with one attached hydrogen (secondary N) is 2. The van der Waals surface area contributed by atoms with Gasteiger partial charge in [0.2, 0.25) is 0 Å². The second-order valence-electron chi connectivity index (χ2n) is 5.97. The summed E-state index contributed by atoms with van der Waals surface area (Å²) in [4.78, 5) is 17.2. The zero-order valence-electron chi connectivity index (χ0n) is 14.0. The number of amides is 1. The van der Waals surface area contributed by atoms with E-state index in [4.69, 9.17) is 0 Å². The Morgan fingerprint density at radius 3 is 2.69 bits per heavy atom. The van der Waals surface area contributed by atoms with Crippen LogP contribution >= 0.6 is 0 Å². The van der Waals surface area contributed by atoms with Crippen molar-refractivity contribution in [1.82, 2.24) is 25.1 Å². The number of carbonyl (C=O) groups excluding carboxylic acids is 1. The molecule has 6 nitrogen and oxygen atoms in total. The fourth-order valence-electron chi connectivity index (χ4n) is 2.94. The lowest BCUT2D eigenvalue weighted by Crippen LogP contribution is -2.31. The summed E-state index contributed by atoms with van der Waals surface area (Å²) in [5, 5.41) is 10.7. The third kappa shape index (κ3) is 2.83. The third-order valence-electron chi connectivity index (χ3n) is 4.28. The Labute approximate surface area is 148 Å². The number of aromatic nitrogens is 4. The van der Waals surface area contributed by atoms with E-state index in [1.54, 1.807) is 24.5 Å². The van der Waals surface area contributed by atoms with Gasteiger partial charge in [0, 0.05) is 24.8 Å². The smallest absolute Gasteiger partial charge is 0.273 e. The number of para-hydroxylation sites is 1. The lowest BCUT2D eigenvalue weighted by atomic mass is 10.1. The average molecular weight is 349 g/mol. The van der Waals surface area contributed by atoms with Crippen LogP contribution < -0.4 is 5.32 Å². The van der Waals surface area contributed by atoms with Crippen molar-refractivity contribution in [2.75, 3.05) is 0 Å². The number of fused-ring (bicyclic) bond motifs is 1. The molecular weight excluding hydrogens is 333 g/mol. The highest BCUT2D eigenvalue weighted by molar-refractivity contribution is 6.04. The third-order valence-corrected chi connectivity index (χ3v) is 4.28. The number of aromatic amines is 1. The highest BCUT2D eigenvalue weighted by Gasteiger charge is 2.23. The maximum atomic E-state index is 13.3. The normalized spacial score (nSPS) is 12.2. The largest absolute Gasteiger partial charge is 0.337 e. The molecule has 0 fully saturated rings. The van der Waals surface area contributed by atoms with Crippen molar-refractivity contribution in [3.05, 3.63) is 83.8 Å². The summed E-state index contributed by atoms with van der Waals surface area (Å²) in [5.74, 6) is -0.0264. The average Bonchev–Trinajstić information content (AvgIpc) is 3.26. The standard InChI is InChI=1S/C19H16FN5O/c1-25-11-10-21-18(25)16(12-6-8-13(20)9-7-12)22-19(26)17-14-4-2-3-5-15(14)23-24-17/h2-11,16H,1H3,(H,22,26)(H,23,24). The molecule has 0 saturated heterocycles. The number of hydrogen-bond donors (Lipinski definition) is 2. The molecule has 0 radical (unpaired) electrons. The summed E-state index contributed by atoms with van der Waals surface area (Å²) < 4.78 is 15.1. The Morgan fingerprint density at radius 2 is 1.96 bits per heavy atom. The predicted octanol–water partition coefficient (Wildman–Crippen LogP) is 2.95. The Bertz CT molecular complexity index is 1070. The van der Waals surface area contributed by atoms with Gasteiger partial charge in [0.1, 0.15) is 17.7 Å². The molecule has 2 heterocycles. The van der Waals surface area contributed by atoms with Gasteiger partial charge in [-0.05, 0) is 23.8 Å². The van der Waals surface area contributed by atoms with E-state index in [-0.39, 0.29) is 11.7 Å². The van der Waals surface area contributed by atoms with Gasteiger partial charge in [-0.15, -0.1) is 0 Å². The van der Waals surface area contributed by atoms with Gasteiger partial charge in [0.25, 0.3) is 5.91 Å². The van der Waals surface area contributed by atoms with Crippen LogP contribution in [-0.4, -0.2) is 25.7 Å². The van der Waals surface area contributed by atoms with Crippen LogP contribution in [0.2, 0.25) is 0 Å². The maximum absolute atomic E-state index is 13.3. The van der Waals surface area contributed by atoms with E-state index in [9.17, 15) is 9.18 Å². The van der Waals surface area contributed by atoms with Crippen molar-refractivity contribution in [3.63, 3.8) is 0 Å². The molecule has 2 aromatic heterocycles. The van der Waals surface area contributed by atoms with Crippen LogP contribution in [0.5, 0.6) is 0 Å². The molecule has 130 valence electrons. The molecule has 4 aromatic rings. The lowest BCUT2D eigenvalue weighted by Gasteiger charge is -2.18. The molecule has 2 N–H and O–H groups in total. The summed E-state index contributed by atoms with van der Waals surface area (Å²) in [7, 11) is 1.84. The van der Waals surface area contributed by atoms with E-state index in [2.05, 4.69) is 20.5 Å². The zero-order valence-corrected chi connectivity index (χ0v) is 14.0.